The van der Waals surface area contributed by atoms with Gasteiger partial charge in [0.2, 0.25) is 5.91 Å². The second-order valence-electron chi connectivity index (χ2n) is 5.81. The highest BCUT2D eigenvalue weighted by Gasteiger charge is 2.31. The number of anilines is 1. The molecule has 0 spiro atoms. The Morgan fingerprint density at radius 3 is 3.08 bits per heavy atom. The quantitative estimate of drug-likeness (QED) is 0.552. The third-order valence-electron chi connectivity index (χ3n) is 4.21. The fraction of sp³-hybridized carbons (Fsp3) is 0.188. The number of thioether (sulfide) groups is 1. The second kappa shape index (κ2) is 5.92. The fourth-order valence-corrected chi connectivity index (χ4v) is 5.28. The number of amides is 1. The van der Waals surface area contributed by atoms with Crippen LogP contribution in [0.15, 0.2) is 30.2 Å². The fourth-order valence-electron chi connectivity index (χ4n) is 3.11. The minimum Gasteiger partial charge on any atom is -0.340 e. The van der Waals surface area contributed by atoms with Crippen LogP contribution in [0.5, 0.6) is 0 Å². The standard InChI is InChI=1S/C16H13N7OS2/c1-8-11-13(9-3-2-4-25-9)26-5-10(24)21-15(11)23(22-8)16-12-14(18-6-17-12)19-7-20-16/h2-4,6-7,13H,5H2,1H3,(H,21,24)(H,17,18,19,20)/t13-/m0/s1. The Morgan fingerprint density at radius 1 is 1.31 bits per heavy atom. The van der Waals surface area contributed by atoms with Crippen molar-refractivity contribution < 1.29 is 4.79 Å². The van der Waals surface area contributed by atoms with Gasteiger partial charge in [-0.2, -0.15) is 9.78 Å². The van der Waals surface area contributed by atoms with Crippen LogP contribution in [0.3, 0.4) is 0 Å². The predicted molar refractivity (Wildman–Crippen MR) is 101 cm³/mol. The van der Waals surface area contributed by atoms with Crippen molar-refractivity contribution in [3.8, 4) is 5.82 Å². The number of aromatic amines is 1. The molecule has 4 aromatic heterocycles. The summed E-state index contributed by atoms with van der Waals surface area (Å²) in [4.78, 5) is 29.3. The summed E-state index contributed by atoms with van der Waals surface area (Å²) in [6.07, 6.45) is 3.02. The van der Waals surface area contributed by atoms with Crippen LogP contribution in [-0.4, -0.2) is 41.4 Å². The molecular weight excluding hydrogens is 370 g/mol. The molecule has 5 heterocycles. The zero-order valence-corrected chi connectivity index (χ0v) is 15.3. The second-order valence-corrected chi connectivity index (χ2v) is 7.89. The molecular formula is C16H13N7OS2. The van der Waals surface area contributed by atoms with Crippen molar-refractivity contribution in [2.24, 2.45) is 0 Å². The molecule has 0 bridgehead atoms. The number of H-pyrrole nitrogens is 1. The molecule has 1 aliphatic rings. The van der Waals surface area contributed by atoms with E-state index in [0.717, 1.165) is 11.3 Å². The van der Waals surface area contributed by atoms with Crippen molar-refractivity contribution in [2.75, 3.05) is 11.1 Å². The Kier molecular flexibility index (Phi) is 3.54. The highest BCUT2D eigenvalue weighted by atomic mass is 32.2. The Balaban J connectivity index is 1.76. The number of nitrogens with zero attached hydrogens (tertiary/aromatic N) is 5. The number of fused-ring (bicyclic) bond motifs is 2. The summed E-state index contributed by atoms with van der Waals surface area (Å²) in [5.74, 6) is 1.56. The molecule has 8 nitrogen and oxygen atoms in total. The average molecular weight is 383 g/mol. The first kappa shape index (κ1) is 15.5. The maximum absolute atomic E-state index is 12.3. The molecule has 10 heteroatoms. The number of thiophene rings is 1. The monoisotopic (exact) mass is 383 g/mol. The molecule has 0 saturated heterocycles. The van der Waals surface area contributed by atoms with Crippen LogP contribution in [-0.2, 0) is 4.79 Å². The van der Waals surface area contributed by atoms with Crippen LogP contribution < -0.4 is 5.32 Å². The first-order valence-corrected chi connectivity index (χ1v) is 9.84. The number of rotatable bonds is 2. The normalized spacial score (nSPS) is 17.1. The molecule has 1 aliphatic heterocycles. The van der Waals surface area contributed by atoms with Crippen molar-refractivity contribution in [3.05, 3.63) is 46.3 Å². The SMILES string of the molecule is Cc1nn(-c2ncnc3nc[nH]c23)c2c1[C@H](c1cccs1)SCC(=O)N2. The average Bonchev–Trinajstić information content (AvgIpc) is 3.35. The third-order valence-corrected chi connectivity index (χ3v) is 6.55. The Hall–Kier alpha value is -2.72. The lowest BCUT2D eigenvalue weighted by molar-refractivity contribution is -0.113. The summed E-state index contributed by atoms with van der Waals surface area (Å²) in [5, 5.41) is 9.80. The van der Waals surface area contributed by atoms with Gasteiger partial charge in [0.05, 0.1) is 23.0 Å². The Morgan fingerprint density at radius 2 is 2.23 bits per heavy atom. The minimum absolute atomic E-state index is 0.0497. The molecule has 0 unspecified atom stereocenters. The first-order chi connectivity index (χ1) is 12.7. The number of carbonyl (C=O) groups excluding carboxylic acids is 1. The molecule has 1 amide bonds. The number of aromatic nitrogens is 6. The predicted octanol–water partition coefficient (Wildman–Crippen LogP) is 2.68. The van der Waals surface area contributed by atoms with Crippen LogP contribution in [0.4, 0.5) is 5.82 Å². The van der Waals surface area contributed by atoms with Crippen LogP contribution in [0.1, 0.15) is 21.4 Å². The van der Waals surface area contributed by atoms with Gasteiger partial charge in [-0.1, -0.05) is 6.07 Å². The van der Waals surface area contributed by atoms with E-state index < -0.39 is 0 Å². The molecule has 0 aromatic carbocycles. The summed E-state index contributed by atoms with van der Waals surface area (Å²) < 4.78 is 1.68. The molecule has 2 N–H and O–H groups in total. The Bertz CT molecular complexity index is 1120. The molecule has 0 radical (unpaired) electrons. The molecule has 4 aromatic rings. The van der Waals surface area contributed by atoms with E-state index in [1.807, 2.05) is 18.4 Å². The van der Waals surface area contributed by atoms with E-state index in [1.165, 1.54) is 11.2 Å². The van der Waals surface area contributed by atoms with E-state index in [1.54, 1.807) is 34.1 Å². The lowest BCUT2D eigenvalue weighted by atomic mass is 10.1. The molecule has 130 valence electrons. The maximum Gasteiger partial charge on any atom is 0.235 e. The van der Waals surface area contributed by atoms with E-state index in [4.69, 9.17) is 0 Å². The van der Waals surface area contributed by atoms with Gasteiger partial charge >= 0.3 is 0 Å². The maximum atomic E-state index is 12.3. The Labute approximate surface area is 156 Å². The number of imidazole rings is 1. The van der Waals surface area contributed by atoms with Gasteiger partial charge in [-0.3, -0.25) is 4.79 Å². The van der Waals surface area contributed by atoms with Crippen molar-refractivity contribution in [1.82, 2.24) is 29.7 Å². The summed E-state index contributed by atoms with van der Waals surface area (Å²) in [7, 11) is 0. The van der Waals surface area contributed by atoms with Gasteiger partial charge in [0.15, 0.2) is 11.5 Å². The largest absolute Gasteiger partial charge is 0.340 e. The number of aryl methyl sites for hydroxylation is 1. The molecule has 1 atom stereocenters. The van der Waals surface area contributed by atoms with E-state index >= 15 is 0 Å². The zero-order valence-electron chi connectivity index (χ0n) is 13.6. The highest BCUT2D eigenvalue weighted by Crippen LogP contribution is 2.45. The number of hydrogen-bond acceptors (Lipinski definition) is 7. The van der Waals surface area contributed by atoms with E-state index in [-0.39, 0.29) is 11.2 Å². The number of carbonyl (C=O) groups is 1. The lowest BCUT2D eigenvalue weighted by Crippen LogP contribution is -2.16. The van der Waals surface area contributed by atoms with Gasteiger partial charge in [-0.15, -0.1) is 23.1 Å². The van der Waals surface area contributed by atoms with Crippen LogP contribution in [0, 0.1) is 6.92 Å². The number of hydrogen-bond donors (Lipinski definition) is 2. The summed E-state index contributed by atoms with van der Waals surface area (Å²) in [5.41, 5.74) is 3.10. The van der Waals surface area contributed by atoms with Gasteiger partial charge in [0.25, 0.3) is 0 Å². The summed E-state index contributed by atoms with van der Waals surface area (Å²) >= 11 is 3.30. The van der Waals surface area contributed by atoms with Crippen LogP contribution in [0.25, 0.3) is 17.0 Å². The van der Waals surface area contributed by atoms with Crippen molar-refractivity contribution in [1.29, 1.82) is 0 Å². The van der Waals surface area contributed by atoms with Crippen molar-refractivity contribution >= 4 is 46.0 Å². The zero-order chi connectivity index (χ0) is 17.7. The summed E-state index contributed by atoms with van der Waals surface area (Å²) in [6, 6.07) is 4.12. The van der Waals surface area contributed by atoms with Crippen LogP contribution >= 0.6 is 23.1 Å². The van der Waals surface area contributed by atoms with Crippen LogP contribution in [0.2, 0.25) is 0 Å². The van der Waals surface area contributed by atoms with Gasteiger partial charge in [-0.05, 0) is 18.4 Å². The first-order valence-electron chi connectivity index (χ1n) is 7.91. The van der Waals surface area contributed by atoms with Gasteiger partial charge in [0.1, 0.15) is 17.7 Å². The molecule has 5 rings (SSSR count). The third kappa shape index (κ3) is 2.33. The molecule has 0 saturated carbocycles. The molecule has 26 heavy (non-hydrogen) atoms. The smallest absolute Gasteiger partial charge is 0.235 e. The van der Waals surface area contributed by atoms with E-state index in [9.17, 15) is 4.79 Å². The van der Waals surface area contributed by atoms with Crippen molar-refractivity contribution in [2.45, 2.75) is 12.2 Å². The molecule has 0 fully saturated rings. The van der Waals surface area contributed by atoms with Crippen molar-refractivity contribution in [3.63, 3.8) is 0 Å². The van der Waals surface area contributed by atoms with Gasteiger partial charge in [-0.25, -0.2) is 15.0 Å². The van der Waals surface area contributed by atoms with Gasteiger partial charge < -0.3 is 10.3 Å². The van der Waals surface area contributed by atoms with Gasteiger partial charge in [0, 0.05) is 10.4 Å². The molecule has 0 aliphatic carbocycles. The minimum atomic E-state index is -0.0497. The lowest BCUT2D eigenvalue weighted by Gasteiger charge is -2.13. The topological polar surface area (TPSA) is 101 Å². The highest BCUT2D eigenvalue weighted by molar-refractivity contribution is 8.00. The van der Waals surface area contributed by atoms with E-state index in [0.29, 0.717) is 28.6 Å². The van der Waals surface area contributed by atoms with E-state index in [2.05, 4.69) is 36.4 Å². The number of nitrogens with one attached hydrogen (secondary N) is 2. The summed E-state index contributed by atoms with van der Waals surface area (Å²) in [6.45, 7) is 1.96.